The predicted molar refractivity (Wildman–Crippen MR) is 95.5 cm³/mol. The molecule has 0 aliphatic heterocycles. The van der Waals surface area contributed by atoms with Gasteiger partial charge in [-0.1, -0.05) is 37.0 Å². The Morgan fingerprint density at radius 1 is 1.16 bits per heavy atom. The fourth-order valence-electron chi connectivity index (χ4n) is 1.98. The maximum atomic E-state index is 12.4. The standard InChI is InChI=1S/C16H21Cl2N3O4/c1-4-25-16(24)21-20-15(23)13(7-9(2)3)19-14(22)11-6-5-10(17)8-12(11)18/h5-6,8-9,13H,4,7H2,1-3H3,(H,19,22)(H,20,23)(H,21,24). The molecular formula is C16H21Cl2N3O4. The minimum atomic E-state index is -0.860. The molecule has 3 amide bonds. The van der Waals surface area contributed by atoms with Crippen molar-refractivity contribution in [2.45, 2.75) is 33.2 Å². The molecule has 1 aromatic rings. The highest BCUT2D eigenvalue weighted by Gasteiger charge is 2.24. The summed E-state index contributed by atoms with van der Waals surface area (Å²) in [6, 6.07) is 3.59. The first-order valence-corrected chi connectivity index (χ1v) is 8.48. The van der Waals surface area contributed by atoms with E-state index in [1.165, 1.54) is 18.2 Å². The SMILES string of the molecule is CCOC(=O)NNC(=O)C(CC(C)C)NC(=O)c1ccc(Cl)cc1Cl. The summed E-state index contributed by atoms with van der Waals surface area (Å²) in [5.74, 6) is -0.960. The second kappa shape index (κ2) is 10.1. The zero-order valence-corrected chi connectivity index (χ0v) is 15.7. The van der Waals surface area contributed by atoms with Crippen LogP contribution < -0.4 is 16.2 Å². The average molecular weight is 390 g/mol. The van der Waals surface area contributed by atoms with Crippen molar-refractivity contribution in [2.24, 2.45) is 5.92 Å². The second-order valence-electron chi connectivity index (χ2n) is 5.61. The molecule has 1 rings (SSSR count). The topological polar surface area (TPSA) is 96.5 Å². The van der Waals surface area contributed by atoms with Gasteiger partial charge >= 0.3 is 6.09 Å². The first kappa shape index (κ1) is 21.1. The Labute approximate surface area is 156 Å². The molecule has 0 saturated heterocycles. The Kier molecular flexibility index (Phi) is 8.51. The Morgan fingerprint density at radius 2 is 1.84 bits per heavy atom. The molecule has 3 N–H and O–H groups in total. The van der Waals surface area contributed by atoms with Gasteiger partial charge in [0, 0.05) is 5.02 Å². The molecule has 138 valence electrons. The van der Waals surface area contributed by atoms with Gasteiger partial charge in [0.25, 0.3) is 11.8 Å². The Hall–Kier alpha value is -1.99. The average Bonchev–Trinajstić information content (AvgIpc) is 2.51. The summed E-state index contributed by atoms with van der Waals surface area (Å²) in [4.78, 5) is 35.9. The van der Waals surface area contributed by atoms with Crippen molar-refractivity contribution in [3.05, 3.63) is 33.8 Å². The number of ether oxygens (including phenoxy) is 1. The van der Waals surface area contributed by atoms with Crippen LogP contribution in [0.4, 0.5) is 4.79 Å². The summed E-state index contributed by atoms with van der Waals surface area (Å²) in [7, 11) is 0. The van der Waals surface area contributed by atoms with Crippen molar-refractivity contribution in [1.82, 2.24) is 16.2 Å². The molecule has 7 nitrogen and oxygen atoms in total. The first-order chi connectivity index (χ1) is 11.7. The Morgan fingerprint density at radius 3 is 2.40 bits per heavy atom. The summed E-state index contributed by atoms with van der Waals surface area (Å²) in [5.41, 5.74) is 4.53. The highest BCUT2D eigenvalue weighted by Crippen LogP contribution is 2.21. The summed E-state index contributed by atoms with van der Waals surface area (Å²) in [6.45, 7) is 5.61. The number of rotatable bonds is 6. The quantitative estimate of drug-likeness (QED) is 0.651. The van der Waals surface area contributed by atoms with Crippen molar-refractivity contribution >= 4 is 41.1 Å². The van der Waals surface area contributed by atoms with Crippen molar-refractivity contribution in [3.63, 3.8) is 0 Å². The van der Waals surface area contributed by atoms with Crippen LogP contribution >= 0.6 is 23.2 Å². The van der Waals surface area contributed by atoms with E-state index in [2.05, 4.69) is 20.9 Å². The second-order valence-corrected chi connectivity index (χ2v) is 6.46. The number of amides is 3. The molecule has 0 heterocycles. The third-order valence-corrected chi connectivity index (χ3v) is 3.62. The minimum Gasteiger partial charge on any atom is -0.449 e. The number of hydrazine groups is 1. The zero-order chi connectivity index (χ0) is 19.0. The van der Waals surface area contributed by atoms with E-state index in [4.69, 9.17) is 23.2 Å². The highest BCUT2D eigenvalue weighted by molar-refractivity contribution is 6.36. The van der Waals surface area contributed by atoms with Crippen LogP contribution in [0.15, 0.2) is 18.2 Å². The van der Waals surface area contributed by atoms with Gasteiger partial charge in [0.2, 0.25) is 0 Å². The molecule has 0 aliphatic rings. The van der Waals surface area contributed by atoms with E-state index in [0.29, 0.717) is 11.4 Å². The fraction of sp³-hybridized carbons (Fsp3) is 0.438. The third kappa shape index (κ3) is 7.19. The maximum Gasteiger partial charge on any atom is 0.426 e. The molecule has 0 aromatic heterocycles. The number of carbonyl (C=O) groups is 3. The van der Waals surface area contributed by atoms with Crippen LogP contribution in [0.3, 0.4) is 0 Å². The highest BCUT2D eigenvalue weighted by atomic mass is 35.5. The smallest absolute Gasteiger partial charge is 0.426 e. The van der Waals surface area contributed by atoms with Crippen molar-refractivity contribution in [3.8, 4) is 0 Å². The number of carbonyl (C=O) groups excluding carboxylic acids is 3. The van der Waals surface area contributed by atoms with Gasteiger partial charge in [-0.3, -0.25) is 15.0 Å². The lowest BCUT2D eigenvalue weighted by Crippen LogP contribution is -2.52. The Bertz CT molecular complexity index is 638. The lowest BCUT2D eigenvalue weighted by atomic mass is 10.0. The summed E-state index contributed by atoms with van der Waals surface area (Å²) >= 11 is 11.8. The molecule has 1 aromatic carbocycles. The van der Waals surface area contributed by atoms with Gasteiger partial charge in [-0.2, -0.15) is 0 Å². The van der Waals surface area contributed by atoms with Gasteiger partial charge < -0.3 is 10.1 Å². The molecular weight excluding hydrogens is 369 g/mol. The number of hydrogen-bond donors (Lipinski definition) is 3. The number of halogens is 2. The normalized spacial score (nSPS) is 11.6. The number of hydrogen-bond acceptors (Lipinski definition) is 4. The lowest BCUT2D eigenvalue weighted by molar-refractivity contribution is -0.124. The zero-order valence-electron chi connectivity index (χ0n) is 14.2. The molecule has 0 aliphatic carbocycles. The van der Waals surface area contributed by atoms with E-state index in [0.717, 1.165) is 0 Å². The predicted octanol–water partition coefficient (Wildman–Crippen LogP) is 2.92. The molecule has 1 unspecified atom stereocenters. The van der Waals surface area contributed by atoms with Gasteiger partial charge in [-0.25, -0.2) is 10.2 Å². The minimum absolute atomic E-state index is 0.124. The van der Waals surface area contributed by atoms with Crippen LogP contribution in [0.1, 0.15) is 37.6 Å². The molecule has 0 spiro atoms. The van der Waals surface area contributed by atoms with E-state index in [-0.39, 0.29) is 23.1 Å². The molecule has 1 atom stereocenters. The fourth-order valence-corrected chi connectivity index (χ4v) is 2.47. The van der Waals surface area contributed by atoms with E-state index >= 15 is 0 Å². The van der Waals surface area contributed by atoms with Crippen molar-refractivity contribution in [1.29, 1.82) is 0 Å². The van der Waals surface area contributed by atoms with Gasteiger partial charge in [-0.15, -0.1) is 0 Å². The molecule has 25 heavy (non-hydrogen) atoms. The van der Waals surface area contributed by atoms with Crippen molar-refractivity contribution < 1.29 is 19.1 Å². The van der Waals surface area contributed by atoms with Gasteiger partial charge in [0.15, 0.2) is 0 Å². The van der Waals surface area contributed by atoms with E-state index in [1.807, 2.05) is 13.8 Å². The lowest BCUT2D eigenvalue weighted by Gasteiger charge is -2.20. The molecule has 0 bridgehead atoms. The summed E-state index contributed by atoms with van der Waals surface area (Å²) in [5, 5.41) is 3.19. The van der Waals surface area contributed by atoms with E-state index in [9.17, 15) is 14.4 Å². The molecule has 0 radical (unpaired) electrons. The van der Waals surface area contributed by atoms with Gasteiger partial charge in [0.05, 0.1) is 17.2 Å². The van der Waals surface area contributed by atoms with Crippen LogP contribution in [-0.2, 0) is 9.53 Å². The number of benzene rings is 1. The Balaban J connectivity index is 2.79. The molecule has 0 saturated carbocycles. The van der Waals surface area contributed by atoms with Gasteiger partial charge in [0.1, 0.15) is 6.04 Å². The van der Waals surface area contributed by atoms with E-state index in [1.54, 1.807) is 6.92 Å². The van der Waals surface area contributed by atoms with Crippen molar-refractivity contribution in [2.75, 3.05) is 6.61 Å². The largest absolute Gasteiger partial charge is 0.449 e. The van der Waals surface area contributed by atoms with Crippen LogP contribution in [-0.4, -0.2) is 30.6 Å². The summed E-state index contributed by atoms with van der Waals surface area (Å²) < 4.78 is 4.65. The molecule has 0 fully saturated rings. The van der Waals surface area contributed by atoms with Crippen LogP contribution in [0, 0.1) is 5.92 Å². The number of nitrogens with one attached hydrogen (secondary N) is 3. The third-order valence-electron chi connectivity index (χ3n) is 3.07. The van der Waals surface area contributed by atoms with E-state index < -0.39 is 23.9 Å². The van der Waals surface area contributed by atoms with Crippen LogP contribution in [0.2, 0.25) is 10.0 Å². The van der Waals surface area contributed by atoms with Gasteiger partial charge in [-0.05, 0) is 37.5 Å². The maximum absolute atomic E-state index is 12.4. The van der Waals surface area contributed by atoms with Crippen LogP contribution in [0.25, 0.3) is 0 Å². The molecule has 9 heteroatoms. The first-order valence-electron chi connectivity index (χ1n) is 7.73. The monoisotopic (exact) mass is 389 g/mol. The summed E-state index contributed by atoms with van der Waals surface area (Å²) in [6.07, 6.45) is -0.418. The van der Waals surface area contributed by atoms with Crippen LogP contribution in [0.5, 0.6) is 0 Å².